The Morgan fingerprint density at radius 2 is 1.69 bits per heavy atom. The largest absolute Gasteiger partial charge is 0.449 e. The van der Waals surface area contributed by atoms with Gasteiger partial charge in [-0.05, 0) is 43.3 Å². The molecule has 0 radical (unpaired) electrons. The van der Waals surface area contributed by atoms with Crippen molar-refractivity contribution in [1.82, 2.24) is 4.98 Å². The summed E-state index contributed by atoms with van der Waals surface area (Å²) in [5.41, 5.74) is 2.41. The summed E-state index contributed by atoms with van der Waals surface area (Å²) >= 11 is 0. The Bertz CT molecular complexity index is 1040. The van der Waals surface area contributed by atoms with Crippen molar-refractivity contribution in [2.45, 2.75) is 20.0 Å². The fraction of sp³-hybridized carbons (Fsp3) is 0.143. The van der Waals surface area contributed by atoms with Crippen molar-refractivity contribution in [3.8, 4) is 0 Å². The fourth-order valence-corrected chi connectivity index (χ4v) is 2.45. The molecule has 0 spiro atoms. The average molecular weight is 393 g/mol. The Hall–Kier alpha value is -3.94. The number of nitrogens with one attached hydrogen (secondary N) is 2. The van der Waals surface area contributed by atoms with Crippen molar-refractivity contribution < 1.29 is 23.5 Å². The molecule has 8 nitrogen and oxygen atoms in total. The third-order valence-corrected chi connectivity index (χ3v) is 3.81. The molecule has 0 aliphatic rings. The lowest BCUT2D eigenvalue weighted by Crippen LogP contribution is -2.29. The van der Waals surface area contributed by atoms with Crippen LogP contribution in [-0.2, 0) is 19.1 Å². The third kappa shape index (κ3) is 5.52. The van der Waals surface area contributed by atoms with Gasteiger partial charge in [-0.15, -0.1) is 0 Å². The highest BCUT2D eigenvalue weighted by atomic mass is 16.5. The number of amides is 2. The lowest BCUT2D eigenvalue weighted by molar-refractivity contribution is -0.148. The monoisotopic (exact) mass is 393 g/mol. The summed E-state index contributed by atoms with van der Waals surface area (Å²) in [5.74, 6) is -1.11. The number of aromatic nitrogens is 1. The summed E-state index contributed by atoms with van der Waals surface area (Å²) in [4.78, 5) is 39.4. The lowest BCUT2D eigenvalue weighted by Gasteiger charge is -2.12. The van der Waals surface area contributed by atoms with Crippen molar-refractivity contribution in [3.63, 3.8) is 0 Å². The Morgan fingerprint density at radius 1 is 1.03 bits per heavy atom. The molecular weight excluding hydrogens is 374 g/mol. The highest BCUT2D eigenvalue weighted by Gasteiger charge is 2.17. The molecule has 3 aromatic rings. The Balaban J connectivity index is 1.53. The van der Waals surface area contributed by atoms with Gasteiger partial charge >= 0.3 is 5.97 Å². The minimum atomic E-state index is -1.01. The number of ether oxygens (including phenoxy) is 1. The molecule has 3 rings (SSSR count). The van der Waals surface area contributed by atoms with E-state index in [1.165, 1.54) is 19.9 Å². The molecule has 8 heteroatoms. The Labute approximate surface area is 166 Å². The van der Waals surface area contributed by atoms with Crippen LogP contribution in [0.2, 0.25) is 0 Å². The molecule has 0 saturated carbocycles. The second kappa shape index (κ2) is 8.83. The summed E-state index contributed by atoms with van der Waals surface area (Å²) in [6, 6.07) is 13.8. The van der Waals surface area contributed by atoms with Crippen LogP contribution in [-0.4, -0.2) is 28.9 Å². The number of fused-ring (bicyclic) bond motifs is 1. The van der Waals surface area contributed by atoms with E-state index in [1.807, 2.05) is 12.1 Å². The molecule has 0 bridgehead atoms. The molecule has 0 aliphatic carbocycles. The number of nitrogens with zero attached hydrogens (tertiary/aromatic N) is 1. The maximum Gasteiger partial charge on any atom is 0.331 e. The van der Waals surface area contributed by atoms with Gasteiger partial charge in [-0.25, -0.2) is 9.78 Å². The smallest absolute Gasteiger partial charge is 0.331 e. The van der Waals surface area contributed by atoms with Gasteiger partial charge in [0, 0.05) is 30.5 Å². The van der Waals surface area contributed by atoms with Crippen molar-refractivity contribution in [1.29, 1.82) is 0 Å². The number of hydrogen-bond acceptors (Lipinski definition) is 6. The molecule has 0 aliphatic heterocycles. The molecular formula is C21H19N3O5. The summed E-state index contributed by atoms with van der Waals surface area (Å²) in [6.07, 6.45) is 1.52. The summed E-state index contributed by atoms with van der Waals surface area (Å²) < 4.78 is 10.6. The molecule has 0 saturated heterocycles. The molecule has 1 atom stereocenters. The number of oxazole rings is 1. The normalized spacial score (nSPS) is 11.9. The van der Waals surface area contributed by atoms with Gasteiger partial charge in [0.25, 0.3) is 5.91 Å². The molecule has 0 fully saturated rings. The van der Waals surface area contributed by atoms with Gasteiger partial charge in [-0.3, -0.25) is 9.59 Å². The van der Waals surface area contributed by atoms with Crippen LogP contribution in [0, 0.1) is 0 Å². The number of anilines is 2. The molecule has 2 aromatic carbocycles. The number of rotatable bonds is 6. The quantitative estimate of drug-likeness (QED) is 0.491. The predicted octanol–water partition coefficient (Wildman–Crippen LogP) is 3.37. The number of benzene rings is 2. The molecule has 0 unspecified atom stereocenters. The van der Waals surface area contributed by atoms with Gasteiger partial charge in [-0.1, -0.05) is 12.1 Å². The van der Waals surface area contributed by atoms with Crippen LogP contribution >= 0.6 is 0 Å². The first-order valence-corrected chi connectivity index (χ1v) is 8.83. The lowest BCUT2D eigenvalue weighted by atomic mass is 10.2. The summed E-state index contributed by atoms with van der Waals surface area (Å²) in [6.45, 7) is 2.87. The molecule has 29 heavy (non-hydrogen) atoms. The molecule has 1 aromatic heterocycles. The number of carbonyl (C=O) groups excluding carboxylic acids is 3. The number of carbonyl (C=O) groups is 3. The highest BCUT2D eigenvalue weighted by Crippen LogP contribution is 2.16. The van der Waals surface area contributed by atoms with E-state index < -0.39 is 18.0 Å². The zero-order chi connectivity index (χ0) is 20.8. The van der Waals surface area contributed by atoms with E-state index in [-0.39, 0.29) is 11.8 Å². The van der Waals surface area contributed by atoms with E-state index in [4.69, 9.17) is 9.15 Å². The summed E-state index contributed by atoms with van der Waals surface area (Å²) in [5, 5.41) is 5.26. The Kier molecular flexibility index (Phi) is 6.03. The molecule has 2 N–H and O–H groups in total. The number of esters is 1. The van der Waals surface area contributed by atoms with Crippen LogP contribution in [0.15, 0.2) is 59.0 Å². The van der Waals surface area contributed by atoms with Gasteiger partial charge in [0.15, 0.2) is 11.7 Å². The second-order valence-corrected chi connectivity index (χ2v) is 6.18. The van der Waals surface area contributed by atoms with E-state index in [9.17, 15) is 14.4 Å². The third-order valence-electron chi connectivity index (χ3n) is 3.81. The predicted molar refractivity (Wildman–Crippen MR) is 108 cm³/mol. The maximum atomic E-state index is 12.2. The average Bonchev–Trinajstić information content (AvgIpc) is 3.10. The highest BCUT2D eigenvalue weighted by molar-refractivity contribution is 5.97. The summed E-state index contributed by atoms with van der Waals surface area (Å²) in [7, 11) is 0. The molecule has 148 valence electrons. The minimum absolute atomic E-state index is 0.187. The van der Waals surface area contributed by atoms with E-state index in [0.717, 1.165) is 6.08 Å². The first kappa shape index (κ1) is 19.8. The Morgan fingerprint density at radius 3 is 2.34 bits per heavy atom. The minimum Gasteiger partial charge on any atom is -0.449 e. The van der Waals surface area contributed by atoms with Gasteiger partial charge < -0.3 is 19.8 Å². The van der Waals surface area contributed by atoms with Crippen molar-refractivity contribution in [2.75, 3.05) is 10.6 Å². The molecule has 1 heterocycles. The van der Waals surface area contributed by atoms with Gasteiger partial charge in [-0.2, -0.15) is 0 Å². The van der Waals surface area contributed by atoms with Gasteiger partial charge in [0.1, 0.15) is 5.52 Å². The second-order valence-electron chi connectivity index (χ2n) is 6.18. The zero-order valence-electron chi connectivity index (χ0n) is 15.8. The van der Waals surface area contributed by atoms with Crippen LogP contribution in [0.1, 0.15) is 19.7 Å². The molecule has 2 amide bonds. The first-order chi connectivity index (χ1) is 13.9. The van der Waals surface area contributed by atoms with Crippen LogP contribution in [0.4, 0.5) is 11.4 Å². The van der Waals surface area contributed by atoms with Gasteiger partial charge in [0.2, 0.25) is 11.8 Å². The van der Waals surface area contributed by atoms with Crippen molar-refractivity contribution in [3.05, 3.63) is 60.5 Å². The fourth-order valence-electron chi connectivity index (χ4n) is 2.45. The first-order valence-electron chi connectivity index (χ1n) is 8.83. The van der Waals surface area contributed by atoms with E-state index in [1.54, 1.807) is 36.4 Å². The van der Waals surface area contributed by atoms with Crippen LogP contribution in [0.5, 0.6) is 0 Å². The SMILES string of the molecule is CC(=O)Nc1ccc(NC(=O)[C@H](C)OC(=O)/C=C/c2nc3ccccc3o2)cc1. The van der Waals surface area contributed by atoms with Crippen molar-refractivity contribution >= 4 is 46.3 Å². The van der Waals surface area contributed by atoms with Crippen molar-refractivity contribution in [2.24, 2.45) is 0 Å². The van der Waals surface area contributed by atoms with Crippen LogP contribution < -0.4 is 10.6 Å². The standard InChI is InChI=1S/C21H19N3O5/c1-13(21(27)23-16-9-7-15(8-10-16)22-14(2)25)28-20(26)12-11-19-24-17-5-3-4-6-18(17)29-19/h3-13H,1-2H3,(H,22,25)(H,23,27)/b12-11+/t13-/m0/s1. The van der Waals surface area contributed by atoms with E-state index in [0.29, 0.717) is 22.5 Å². The van der Waals surface area contributed by atoms with E-state index >= 15 is 0 Å². The van der Waals surface area contributed by atoms with Crippen LogP contribution in [0.25, 0.3) is 17.2 Å². The zero-order valence-corrected chi connectivity index (χ0v) is 15.8. The number of para-hydroxylation sites is 2. The van der Waals surface area contributed by atoms with Gasteiger partial charge in [0.05, 0.1) is 0 Å². The van der Waals surface area contributed by atoms with E-state index in [2.05, 4.69) is 15.6 Å². The van der Waals surface area contributed by atoms with Crippen LogP contribution in [0.3, 0.4) is 0 Å². The topological polar surface area (TPSA) is 111 Å². The maximum absolute atomic E-state index is 12.2. The number of hydrogen-bond donors (Lipinski definition) is 2.